The molecule has 4 N–H and O–H groups in total. The molecule has 2 aromatic carbocycles. The fraction of sp³-hybridized carbons (Fsp3) is 0.125. The molecule has 1 atom stereocenters. The van der Waals surface area contributed by atoms with E-state index in [1.165, 1.54) is 0 Å². The molecule has 0 saturated carbocycles. The van der Waals surface area contributed by atoms with Crippen molar-refractivity contribution in [3.05, 3.63) is 47.0 Å². The second-order valence-electron chi connectivity index (χ2n) is 7.02. The maximum Gasteiger partial charge on any atom is 0.295 e. The predicted octanol–water partition coefficient (Wildman–Crippen LogP) is 0.771. The molecule has 4 rings (SSSR count). The molecule has 1 unspecified atom stereocenters. The number of allylic oxidation sites excluding steroid dienone is 1. The van der Waals surface area contributed by atoms with E-state index in [1.807, 2.05) is 0 Å². The second kappa shape index (κ2) is 6.67. The summed E-state index contributed by atoms with van der Waals surface area (Å²) in [7, 11) is -20.2. The third-order valence-electron chi connectivity index (χ3n) is 5.18. The first-order valence-corrected chi connectivity index (χ1v) is 14.2. The maximum absolute atomic E-state index is 12.0. The van der Waals surface area contributed by atoms with E-state index >= 15 is 0 Å². The van der Waals surface area contributed by atoms with Crippen LogP contribution >= 0.6 is 0 Å². The van der Waals surface area contributed by atoms with Gasteiger partial charge in [0.05, 0.1) is 9.80 Å². The van der Waals surface area contributed by atoms with Gasteiger partial charge in [-0.2, -0.15) is 33.7 Å². The van der Waals surface area contributed by atoms with E-state index in [1.54, 1.807) is 0 Å². The van der Waals surface area contributed by atoms with Gasteiger partial charge < -0.3 is 0 Å². The van der Waals surface area contributed by atoms with Crippen LogP contribution in [0.1, 0.15) is 16.7 Å². The monoisotopic (exact) mass is 524 g/mol. The fourth-order valence-corrected chi connectivity index (χ4v) is 7.28. The van der Waals surface area contributed by atoms with Gasteiger partial charge in [-0.1, -0.05) is 18.2 Å². The first-order valence-electron chi connectivity index (χ1n) is 8.36. The first kappa shape index (κ1) is 23.0. The summed E-state index contributed by atoms with van der Waals surface area (Å²) < 4.78 is 134. The third kappa shape index (κ3) is 3.48. The van der Waals surface area contributed by atoms with Crippen molar-refractivity contribution in [1.82, 2.24) is 0 Å². The SMILES string of the molecule is O=S(=O)(O)C1=CC(S(=O)(=O)O)C2=CCc3c(S(=O)(=O)O)cc(S(=O)(=O)O)c4ccc1c2c34. The van der Waals surface area contributed by atoms with Crippen LogP contribution in [0.4, 0.5) is 0 Å². The van der Waals surface area contributed by atoms with Crippen molar-refractivity contribution in [3.63, 3.8) is 0 Å². The molecule has 2 aliphatic rings. The third-order valence-corrected chi connectivity index (χ3v) is 8.93. The summed E-state index contributed by atoms with van der Waals surface area (Å²) in [5.41, 5.74) is -1.01. The molecular weight excluding hydrogens is 512 g/mol. The molecule has 2 aliphatic carbocycles. The van der Waals surface area contributed by atoms with Crippen molar-refractivity contribution in [3.8, 4) is 0 Å². The number of hydrogen-bond donors (Lipinski definition) is 4. The Hall–Kier alpha value is -2.18. The van der Waals surface area contributed by atoms with Crippen LogP contribution in [0.25, 0.3) is 21.3 Å². The lowest BCUT2D eigenvalue weighted by Crippen LogP contribution is -2.27. The van der Waals surface area contributed by atoms with E-state index in [2.05, 4.69) is 0 Å². The summed E-state index contributed by atoms with van der Waals surface area (Å²) in [4.78, 5) is -2.78. The lowest BCUT2D eigenvalue weighted by atomic mass is 9.81. The van der Waals surface area contributed by atoms with Crippen LogP contribution in [-0.2, 0) is 46.9 Å². The van der Waals surface area contributed by atoms with Crippen LogP contribution in [0, 0.1) is 0 Å². The number of rotatable bonds is 4. The van der Waals surface area contributed by atoms with Crippen LogP contribution in [0.15, 0.2) is 40.1 Å². The molecular formula is C16H12O12S4. The quantitative estimate of drug-likeness (QED) is 0.408. The van der Waals surface area contributed by atoms with Crippen molar-refractivity contribution in [1.29, 1.82) is 0 Å². The summed E-state index contributed by atoms with van der Waals surface area (Å²) in [5.74, 6) is 0. The summed E-state index contributed by atoms with van der Waals surface area (Å²) in [6, 6.07) is 2.59. The second-order valence-corrected chi connectivity index (χ2v) is 12.7. The number of benzene rings is 2. The zero-order chi connectivity index (χ0) is 24.0. The fourth-order valence-electron chi connectivity index (χ4n) is 4.04. The van der Waals surface area contributed by atoms with Gasteiger partial charge in [0, 0.05) is 10.9 Å². The Morgan fingerprint density at radius 3 is 1.88 bits per heavy atom. The highest BCUT2D eigenvalue weighted by Gasteiger charge is 2.40. The average molecular weight is 525 g/mol. The molecule has 0 fully saturated rings. The van der Waals surface area contributed by atoms with Crippen molar-refractivity contribution in [2.45, 2.75) is 21.5 Å². The van der Waals surface area contributed by atoms with Crippen LogP contribution in [-0.4, -0.2) is 57.1 Å². The van der Waals surface area contributed by atoms with Crippen LogP contribution in [0.5, 0.6) is 0 Å². The van der Waals surface area contributed by atoms with Crippen molar-refractivity contribution in [2.24, 2.45) is 0 Å². The molecule has 172 valence electrons. The highest BCUT2D eigenvalue weighted by Crippen LogP contribution is 2.48. The van der Waals surface area contributed by atoms with Gasteiger partial charge in [0.1, 0.15) is 10.1 Å². The zero-order valence-corrected chi connectivity index (χ0v) is 18.6. The van der Waals surface area contributed by atoms with Gasteiger partial charge in [-0.3, -0.25) is 18.2 Å². The lowest BCUT2D eigenvalue weighted by Gasteiger charge is -2.30. The van der Waals surface area contributed by atoms with Crippen molar-refractivity contribution < 1.29 is 51.9 Å². The summed E-state index contributed by atoms with van der Waals surface area (Å²) >= 11 is 0. The van der Waals surface area contributed by atoms with Gasteiger partial charge in [-0.05, 0) is 40.6 Å². The molecule has 0 bridgehead atoms. The van der Waals surface area contributed by atoms with Crippen molar-refractivity contribution >= 4 is 61.7 Å². The normalized spacial score (nSPS) is 18.9. The molecule has 0 aromatic heterocycles. The van der Waals surface area contributed by atoms with Crippen LogP contribution < -0.4 is 0 Å². The summed E-state index contributed by atoms with van der Waals surface area (Å²) in [6.45, 7) is 0. The Morgan fingerprint density at radius 1 is 0.781 bits per heavy atom. The lowest BCUT2D eigenvalue weighted by molar-refractivity contribution is 0.477. The van der Waals surface area contributed by atoms with Gasteiger partial charge in [0.2, 0.25) is 0 Å². The molecule has 16 heteroatoms. The van der Waals surface area contributed by atoms with E-state index in [0.29, 0.717) is 12.1 Å². The Kier molecular flexibility index (Phi) is 4.79. The molecule has 0 aliphatic heterocycles. The van der Waals surface area contributed by atoms with E-state index in [0.717, 1.165) is 18.2 Å². The minimum absolute atomic E-state index is 0.207. The molecule has 0 saturated heterocycles. The van der Waals surface area contributed by atoms with Crippen LogP contribution in [0.2, 0.25) is 0 Å². The Labute approximate surface area is 181 Å². The molecule has 32 heavy (non-hydrogen) atoms. The Bertz CT molecular complexity index is 1730. The van der Waals surface area contributed by atoms with Gasteiger partial charge in [0.15, 0.2) is 0 Å². The predicted molar refractivity (Wildman–Crippen MR) is 110 cm³/mol. The highest BCUT2D eigenvalue weighted by atomic mass is 32.2. The average Bonchev–Trinajstić information content (AvgIpc) is 2.61. The molecule has 2 aromatic rings. The summed E-state index contributed by atoms with van der Waals surface area (Å²) in [6.07, 6.45) is 1.40. The minimum Gasteiger partial charge on any atom is -0.285 e. The van der Waals surface area contributed by atoms with Gasteiger partial charge in [0.25, 0.3) is 40.5 Å². The maximum atomic E-state index is 12.0. The smallest absolute Gasteiger partial charge is 0.285 e. The van der Waals surface area contributed by atoms with Gasteiger partial charge in [-0.25, -0.2) is 0 Å². The van der Waals surface area contributed by atoms with Crippen molar-refractivity contribution in [2.75, 3.05) is 0 Å². The standard InChI is InChI=1S/C16H12O12S4/c17-29(18,19)11-5-13(31(23,24)25)9-3-4-10-14(32(26,27)28)6-12(30(20,21)22)8-2-1-7(11)15(9)16(8)10/h1-3,5-6,13H,4H2,(H,17,18,19)(H,20,21,22)(H,23,24,25)(H,26,27,28). The first-order chi connectivity index (χ1) is 14.4. The van der Waals surface area contributed by atoms with E-state index < -0.39 is 60.4 Å². The molecule has 0 amide bonds. The Balaban J connectivity index is 2.33. The van der Waals surface area contributed by atoms with Gasteiger partial charge >= 0.3 is 0 Å². The summed E-state index contributed by atoms with van der Waals surface area (Å²) in [5, 5.41) is -2.58. The molecule has 0 radical (unpaired) electrons. The largest absolute Gasteiger partial charge is 0.295 e. The molecule has 0 spiro atoms. The van der Waals surface area contributed by atoms with Gasteiger partial charge in [-0.15, -0.1) is 0 Å². The van der Waals surface area contributed by atoms with E-state index in [4.69, 9.17) is 0 Å². The molecule has 12 nitrogen and oxygen atoms in total. The van der Waals surface area contributed by atoms with E-state index in [9.17, 15) is 51.9 Å². The minimum atomic E-state index is -5.08. The van der Waals surface area contributed by atoms with E-state index in [-0.39, 0.29) is 39.5 Å². The highest BCUT2D eigenvalue weighted by molar-refractivity contribution is 7.95. The Morgan fingerprint density at radius 2 is 1.38 bits per heavy atom. The number of hydrogen-bond acceptors (Lipinski definition) is 8. The van der Waals surface area contributed by atoms with Crippen LogP contribution in [0.3, 0.4) is 0 Å². The zero-order valence-electron chi connectivity index (χ0n) is 15.4. The molecule has 0 heterocycles. The topological polar surface area (TPSA) is 217 Å².